The summed E-state index contributed by atoms with van der Waals surface area (Å²) >= 11 is 0. The number of nitrogens with one attached hydrogen (secondary N) is 1. The van der Waals surface area contributed by atoms with E-state index in [1.54, 1.807) is 0 Å². The minimum absolute atomic E-state index is 0.484. The lowest BCUT2D eigenvalue weighted by molar-refractivity contribution is 0.269. The standard InChI is InChI=1S/C11H24N2/c1-9-4-3-5-11(6-9)8-13-10(2)7-12/h9-11,13H,3-8,12H2,1-2H3. The summed E-state index contributed by atoms with van der Waals surface area (Å²) in [4.78, 5) is 0. The van der Waals surface area contributed by atoms with Crippen molar-refractivity contribution in [3.8, 4) is 0 Å². The van der Waals surface area contributed by atoms with Gasteiger partial charge >= 0.3 is 0 Å². The summed E-state index contributed by atoms with van der Waals surface area (Å²) < 4.78 is 0. The molecule has 13 heavy (non-hydrogen) atoms. The molecule has 0 amide bonds. The molecule has 2 nitrogen and oxygen atoms in total. The van der Waals surface area contributed by atoms with Gasteiger partial charge in [0.25, 0.3) is 0 Å². The summed E-state index contributed by atoms with van der Waals surface area (Å²) in [5.41, 5.74) is 5.55. The topological polar surface area (TPSA) is 38.0 Å². The summed E-state index contributed by atoms with van der Waals surface area (Å²) in [6.07, 6.45) is 5.67. The van der Waals surface area contributed by atoms with Gasteiger partial charge in [-0.15, -0.1) is 0 Å². The molecule has 0 aliphatic heterocycles. The Hall–Kier alpha value is -0.0800. The van der Waals surface area contributed by atoms with E-state index in [2.05, 4.69) is 19.2 Å². The lowest BCUT2D eigenvalue weighted by Gasteiger charge is -2.27. The van der Waals surface area contributed by atoms with Crippen molar-refractivity contribution in [3.63, 3.8) is 0 Å². The molecule has 1 aliphatic carbocycles. The van der Waals surface area contributed by atoms with Crippen molar-refractivity contribution in [2.24, 2.45) is 17.6 Å². The molecular formula is C11H24N2. The van der Waals surface area contributed by atoms with E-state index in [0.29, 0.717) is 6.04 Å². The van der Waals surface area contributed by atoms with Gasteiger partial charge in [0.05, 0.1) is 0 Å². The average molecular weight is 184 g/mol. The second-order valence-electron chi connectivity index (χ2n) is 4.68. The van der Waals surface area contributed by atoms with Crippen LogP contribution in [0.4, 0.5) is 0 Å². The van der Waals surface area contributed by atoms with Gasteiger partial charge < -0.3 is 11.1 Å². The van der Waals surface area contributed by atoms with Crippen molar-refractivity contribution in [3.05, 3.63) is 0 Å². The predicted molar refractivity (Wildman–Crippen MR) is 57.6 cm³/mol. The summed E-state index contributed by atoms with van der Waals surface area (Å²) in [6.45, 7) is 6.45. The normalized spacial score (nSPS) is 31.6. The van der Waals surface area contributed by atoms with Crippen LogP contribution in [0.2, 0.25) is 0 Å². The number of hydrogen-bond donors (Lipinski definition) is 2. The number of hydrogen-bond acceptors (Lipinski definition) is 2. The summed E-state index contributed by atoms with van der Waals surface area (Å²) in [5, 5.41) is 3.50. The highest BCUT2D eigenvalue weighted by molar-refractivity contribution is 4.73. The summed E-state index contributed by atoms with van der Waals surface area (Å²) in [7, 11) is 0. The molecule has 3 unspecified atom stereocenters. The Labute approximate surface area is 82.3 Å². The first-order valence-electron chi connectivity index (χ1n) is 5.65. The van der Waals surface area contributed by atoms with Gasteiger partial charge in [-0.3, -0.25) is 0 Å². The zero-order chi connectivity index (χ0) is 9.68. The van der Waals surface area contributed by atoms with Crippen LogP contribution in [0.25, 0.3) is 0 Å². The van der Waals surface area contributed by atoms with Crippen LogP contribution in [0.5, 0.6) is 0 Å². The SMILES string of the molecule is CC1CCCC(CNC(C)CN)C1. The highest BCUT2D eigenvalue weighted by Gasteiger charge is 2.18. The quantitative estimate of drug-likeness (QED) is 0.698. The monoisotopic (exact) mass is 184 g/mol. The lowest BCUT2D eigenvalue weighted by Crippen LogP contribution is -2.37. The van der Waals surface area contributed by atoms with Gasteiger partial charge in [-0.2, -0.15) is 0 Å². The molecule has 0 aromatic carbocycles. The second kappa shape index (κ2) is 5.61. The highest BCUT2D eigenvalue weighted by atomic mass is 14.9. The maximum absolute atomic E-state index is 5.55. The largest absolute Gasteiger partial charge is 0.329 e. The maximum Gasteiger partial charge on any atom is 0.0162 e. The van der Waals surface area contributed by atoms with E-state index < -0.39 is 0 Å². The van der Waals surface area contributed by atoms with Crippen molar-refractivity contribution >= 4 is 0 Å². The molecule has 1 fully saturated rings. The van der Waals surface area contributed by atoms with Gasteiger partial charge in [0.15, 0.2) is 0 Å². The van der Waals surface area contributed by atoms with E-state index in [9.17, 15) is 0 Å². The number of rotatable bonds is 4. The van der Waals surface area contributed by atoms with Crippen molar-refractivity contribution in [1.29, 1.82) is 0 Å². The minimum atomic E-state index is 0.484. The Morgan fingerprint density at radius 2 is 2.23 bits per heavy atom. The molecule has 1 rings (SSSR count). The maximum atomic E-state index is 5.55. The molecule has 0 heterocycles. The van der Waals surface area contributed by atoms with Crippen molar-refractivity contribution in [1.82, 2.24) is 5.32 Å². The second-order valence-corrected chi connectivity index (χ2v) is 4.68. The van der Waals surface area contributed by atoms with E-state index in [1.807, 2.05) is 0 Å². The van der Waals surface area contributed by atoms with Gasteiger partial charge in [0.2, 0.25) is 0 Å². The lowest BCUT2D eigenvalue weighted by atomic mass is 9.82. The van der Waals surface area contributed by atoms with E-state index >= 15 is 0 Å². The van der Waals surface area contributed by atoms with Crippen LogP contribution < -0.4 is 11.1 Å². The molecule has 0 saturated heterocycles. The summed E-state index contributed by atoms with van der Waals surface area (Å²) in [6, 6.07) is 0.484. The van der Waals surface area contributed by atoms with Crippen LogP contribution in [0.1, 0.15) is 39.5 Å². The third-order valence-corrected chi connectivity index (χ3v) is 3.15. The van der Waals surface area contributed by atoms with Crippen LogP contribution >= 0.6 is 0 Å². The molecule has 0 radical (unpaired) electrons. The fraction of sp³-hybridized carbons (Fsp3) is 1.00. The Balaban J connectivity index is 2.13. The molecular weight excluding hydrogens is 160 g/mol. The zero-order valence-corrected chi connectivity index (χ0v) is 9.05. The minimum Gasteiger partial charge on any atom is -0.329 e. The van der Waals surface area contributed by atoms with E-state index in [4.69, 9.17) is 5.73 Å². The molecule has 0 bridgehead atoms. The molecule has 2 heteroatoms. The number of nitrogens with two attached hydrogens (primary N) is 1. The molecule has 0 aromatic heterocycles. The third kappa shape index (κ3) is 4.10. The fourth-order valence-corrected chi connectivity index (χ4v) is 2.20. The van der Waals surface area contributed by atoms with E-state index in [-0.39, 0.29) is 0 Å². The van der Waals surface area contributed by atoms with Gasteiger partial charge in [-0.25, -0.2) is 0 Å². The smallest absolute Gasteiger partial charge is 0.0162 e. The van der Waals surface area contributed by atoms with Crippen LogP contribution in [0, 0.1) is 11.8 Å². The van der Waals surface area contributed by atoms with Crippen LogP contribution in [0.3, 0.4) is 0 Å². The highest BCUT2D eigenvalue weighted by Crippen LogP contribution is 2.27. The molecule has 0 aromatic rings. The first kappa shape index (κ1) is 11.0. The molecule has 0 spiro atoms. The predicted octanol–water partition coefficient (Wildman–Crippen LogP) is 1.75. The van der Waals surface area contributed by atoms with E-state index in [0.717, 1.165) is 18.4 Å². The van der Waals surface area contributed by atoms with E-state index in [1.165, 1.54) is 32.2 Å². The van der Waals surface area contributed by atoms with Gasteiger partial charge in [-0.1, -0.05) is 19.8 Å². The summed E-state index contributed by atoms with van der Waals surface area (Å²) in [5.74, 6) is 1.84. The zero-order valence-electron chi connectivity index (χ0n) is 9.05. The van der Waals surface area contributed by atoms with Crippen molar-refractivity contribution < 1.29 is 0 Å². The van der Waals surface area contributed by atoms with Gasteiger partial charge in [0.1, 0.15) is 0 Å². The van der Waals surface area contributed by atoms with Crippen molar-refractivity contribution in [2.45, 2.75) is 45.6 Å². The third-order valence-electron chi connectivity index (χ3n) is 3.15. The van der Waals surface area contributed by atoms with Gasteiger partial charge in [-0.05, 0) is 38.1 Å². The molecule has 3 N–H and O–H groups in total. The Kier molecular flexibility index (Phi) is 4.74. The average Bonchev–Trinajstić information content (AvgIpc) is 2.14. The Morgan fingerprint density at radius 1 is 1.46 bits per heavy atom. The fourth-order valence-electron chi connectivity index (χ4n) is 2.20. The van der Waals surface area contributed by atoms with Crippen LogP contribution in [-0.2, 0) is 0 Å². The van der Waals surface area contributed by atoms with Crippen molar-refractivity contribution in [2.75, 3.05) is 13.1 Å². The Morgan fingerprint density at radius 3 is 2.85 bits per heavy atom. The van der Waals surface area contributed by atoms with Gasteiger partial charge in [0, 0.05) is 12.6 Å². The van der Waals surface area contributed by atoms with Crippen LogP contribution in [-0.4, -0.2) is 19.1 Å². The first-order chi connectivity index (χ1) is 6.22. The Bertz CT molecular complexity index is 136. The molecule has 1 aliphatic rings. The first-order valence-corrected chi connectivity index (χ1v) is 5.65. The van der Waals surface area contributed by atoms with Crippen LogP contribution in [0.15, 0.2) is 0 Å². The molecule has 3 atom stereocenters. The molecule has 78 valence electrons. The molecule has 1 saturated carbocycles.